The van der Waals surface area contributed by atoms with Crippen LogP contribution in [0.25, 0.3) is 22.3 Å². The zero-order valence-corrected chi connectivity index (χ0v) is 11.0. The van der Waals surface area contributed by atoms with E-state index in [-0.39, 0.29) is 0 Å². The molecule has 20 heavy (non-hydrogen) atoms. The van der Waals surface area contributed by atoms with Gasteiger partial charge in [0.05, 0.1) is 0 Å². The van der Waals surface area contributed by atoms with Crippen molar-refractivity contribution in [3.8, 4) is 28.0 Å². The van der Waals surface area contributed by atoms with Crippen LogP contribution in [0.4, 0.5) is 0 Å². The minimum Gasteiger partial charge on any atom is -0.507 e. The molecular weight excluding hydrogens is 244 g/mol. The summed E-state index contributed by atoms with van der Waals surface area (Å²) in [7, 11) is 0. The molecule has 0 heterocycles. The van der Waals surface area contributed by atoms with Gasteiger partial charge in [-0.2, -0.15) is 0 Å². The zero-order valence-electron chi connectivity index (χ0n) is 11.0. The number of hydrogen-bond acceptors (Lipinski definition) is 1. The third kappa shape index (κ3) is 1.64. The van der Waals surface area contributed by atoms with Gasteiger partial charge in [-0.3, -0.25) is 0 Å². The average Bonchev–Trinajstić information content (AvgIpc) is 2.85. The number of phenols is 1. The third-order valence-electron chi connectivity index (χ3n) is 4.01. The first-order valence-electron chi connectivity index (χ1n) is 6.82. The maximum absolute atomic E-state index is 9.99. The molecule has 3 aromatic carbocycles. The molecule has 1 heteroatoms. The van der Waals surface area contributed by atoms with Crippen molar-refractivity contribution in [2.45, 2.75) is 6.42 Å². The van der Waals surface area contributed by atoms with Gasteiger partial charge in [-0.25, -0.2) is 0 Å². The Morgan fingerprint density at radius 2 is 1.35 bits per heavy atom. The number of para-hydroxylation sites is 1. The Bertz CT molecular complexity index is 802. The first-order valence-corrected chi connectivity index (χ1v) is 6.82. The Balaban J connectivity index is 1.85. The second-order valence-electron chi connectivity index (χ2n) is 5.22. The molecule has 0 fully saturated rings. The molecule has 96 valence electrons. The van der Waals surface area contributed by atoms with Crippen molar-refractivity contribution in [3.63, 3.8) is 0 Å². The van der Waals surface area contributed by atoms with E-state index in [1.165, 1.54) is 22.3 Å². The molecule has 1 aliphatic carbocycles. The summed E-state index contributed by atoms with van der Waals surface area (Å²) in [6.07, 6.45) is 0.979. The maximum Gasteiger partial charge on any atom is 0.123 e. The van der Waals surface area contributed by atoms with Crippen LogP contribution >= 0.6 is 0 Å². The van der Waals surface area contributed by atoms with Crippen molar-refractivity contribution in [2.24, 2.45) is 0 Å². The van der Waals surface area contributed by atoms with E-state index >= 15 is 0 Å². The summed E-state index contributed by atoms with van der Waals surface area (Å²) >= 11 is 0. The predicted molar refractivity (Wildman–Crippen MR) is 81.8 cm³/mol. The predicted octanol–water partition coefficient (Wildman–Crippen LogP) is 4.63. The first kappa shape index (κ1) is 11.3. The monoisotopic (exact) mass is 258 g/mol. The van der Waals surface area contributed by atoms with Gasteiger partial charge in [0, 0.05) is 5.56 Å². The zero-order chi connectivity index (χ0) is 13.5. The second-order valence-corrected chi connectivity index (χ2v) is 5.22. The molecular formula is C19H14O. The fraction of sp³-hybridized carbons (Fsp3) is 0.0526. The van der Waals surface area contributed by atoms with Gasteiger partial charge < -0.3 is 5.11 Å². The summed E-state index contributed by atoms with van der Waals surface area (Å²) < 4.78 is 0. The molecule has 0 aromatic heterocycles. The van der Waals surface area contributed by atoms with Crippen LogP contribution < -0.4 is 0 Å². The van der Waals surface area contributed by atoms with Gasteiger partial charge >= 0.3 is 0 Å². The van der Waals surface area contributed by atoms with Crippen LogP contribution in [-0.2, 0) is 6.42 Å². The van der Waals surface area contributed by atoms with E-state index in [2.05, 4.69) is 42.5 Å². The van der Waals surface area contributed by atoms with Crippen LogP contribution in [0.2, 0.25) is 0 Å². The topological polar surface area (TPSA) is 20.2 Å². The van der Waals surface area contributed by atoms with Crippen LogP contribution in [0.3, 0.4) is 0 Å². The van der Waals surface area contributed by atoms with Crippen LogP contribution in [0.1, 0.15) is 11.1 Å². The molecule has 0 unspecified atom stereocenters. The second kappa shape index (κ2) is 4.24. The molecule has 1 nitrogen and oxygen atoms in total. The largest absolute Gasteiger partial charge is 0.507 e. The Hall–Kier alpha value is -2.54. The molecule has 4 rings (SSSR count). The third-order valence-corrected chi connectivity index (χ3v) is 4.01. The first-order chi connectivity index (χ1) is 9.83. The fourth-order valence-electron chi connectivity index (χ4n) is 3.03. The Morgan fingerprint density at radius 3 is 2.20 bits per heavy atom. The number of hydrogen-bond donors (Lipinski definition) is 1. The molecule has 0 radical (unpaired) electrons. The highest BCUT2D eigenvalue weighted by Gasteiger charge is 2.18. The fourth-order valence-corrected chi connectivity index (χ4v) is 3.03. The summed E-state index contributed by atoms with van der Waals surface area (Å²) in [6.45, 7) is 0. The Kier molecular flexibility index (Phi) is 2.40. The normalized spacial score (nSPS) is 12.0. The van der Waals surface area contributed by atoms with E-state index in [4.69, 9.17) is 0 Å². The van der Waals surface area contributed by atoms with Crippen molar-refractivity contribution in [1.82, 2.24) is 0 Å². The highest BCUT2D eigenvalue weighted by Crippen LogP contribution is 2.39. The van der Waals surface area contributed by atoms with Crippen molar-refractivity contribution < 1.29 is 5.11 Å². The molecule has 1 N–H and O–H groups in total. The lowest BCUT2D eigenvalue weighted by Gasteiger charge is -2.07. The summed E-state index contributed by atoms with van der Waals surface area (Å²) in [5.41, 5.74) is 7.36. The van der Waals surface area contributed by atoms with Crippen LogP contribution in [0.15, 0.2) is 66.7 Å². The number of aromatic hydroxyl groups is 1. The van der Waals surface area contributed by atoms with Crippen molar-refractivity contribution >= 4 is 0 Å². The van der Waals surface area contributed by atoms with Gasteiger partial charge in [0.2, 0.25) is 0 Å². The van der Waals surface area contributed by atoms with Crippen LogP contribution in [-0.4, -0.2) is 5.11 Å². The lowest BCUT2D eigenvalue weighted by molar-refractivity contribution is 0.477. The molecule has 3 aromatic rings. The van der Waals surface area contributed by atoms with E-state index < -0.39 is 0 Å². The molecule has 0 amide bonds. The van der Waals surface area contributed by atoms with Gasteiger partial charge in [0.15, 0.2) is 0 Å². The minimum absolute atomic E-state index is 0.336. The number of rotatable bonds is 1. The molecule has 0 saturated heterocycles. The van der Waals surface area contributed by atoms with E-state index in [9.17, 15) is 5.11 Å². The van der Waals surface area contributed by atoms with Gasteiger partial charge in [-0.1, -0.05) is 60.7 Å². The van der Waals surface area contributed by atoms with Gasteiger partial charge in [0.1, 0.15) is 5.75 Å². The van der Waals surface area contributed by atoms with Crippen LogP contribution in [0, 0.1) is 0 Å². The van der Waals surface area contributed by atoms with E-state index in [0.29, 0.717) is 5.75 Å². The van der Waals surface area contributed by atoms with Gasteiger partial charge in [-0.15, -0.1) is 0 Å². The summed E-state index contributed by atoms with van der Waals surface area (Å²) in [4.78, 5) is 0. The highest BCUT2D eigenvalue weighted by atomic mass is 16.3. The van der Waals surface area contributed by atoms with Gasteiger partial charge in [-0.05, 0) is 40.3 Å². The highest BCUT2D eigenvalue weighted by molar-refractivity contribution is 5.81. The molecule has 0 atom stereocenters. The molecule has 0 aliphatic heterocycles. The lowest BCUT2D eigenvalue weighted by atomic mass is 9.99. The minimum atomic E-state index is 0.336. The molecule has 1 aliphatic rings. The SMILES string of the molecule is Oc1ccccc1-c1ccc2c(c1)Cc1ccccc1-2. The molecule has 0 bridgehead atoms. The van der Waals surface area contributed by atoms with Crippen molar-refractivity contribution in [2.75, 3.05) is 0 Å². The summed E-state index contributed by atoms with van der Waals surface area (Å²) in [6, 6.07) is 22.5. The quantitative estimate of drug-likeness (QED) is 0.527. The molecule has 0 saturated carbocycles. The van der Waals surface area contributed by atoms with Gasteiger partial charge in [0.25, 0.3) is 0 Å². The van der Waals surface area contributed by atoms with E-state index in [1.54, 1.807) is 6.07 Å². The maximum atomic E-state index is 9.99. The van der Waals surface area contributed by atoms with Crippen molar-refractivity contribution in [3.05, 3.63) is 77.9 Å². The smallest absolute Gasteiger partial charge is 0.123 e. The number of benzene rings is 3. The molecule has 0 spiro atoms. The van der Waals surface area contributed by atoms with Crippen molar-refractivity contribution in [1.29, 1.82) is 0 Å². The van der Waals surface area contributed by atoms with Crippen LogP contribution in [0.5, 0.6) is 5.75 Å². The number of phenolic OH excluding ortho intramolecular Hbond substituents is 1. The Morgan fingerprint density at radius 1 is 0.650 bits per heavy atom. The summed E-state index contributed by atoms with van der Waals surface area (Å²) in [5.74, 6) is 0.336. The number of fused-ring (bicyclic) bond motifs is 3. The lowest BCUT2D eigenvalue weighted by Crippen LogP contribution is -1.84. The summed E-state index contributed by atoms with van der Waals surface area (Å²) in [5, 5.41) is 9.99. The van der Waals surface area contributed by atoms with E-state index in [1.807, 2.05) is 18.2 Å². The average molecular weight is 258 g/mol. The Labute approximate surface area is 118 Å². The van der Waals surface area contributed by atoms with E-state index in [0.717, 1.165) is 17.5 Å². The standard InChI is InChI=1S/C19H14O/c20-19-8-4-3-7-18(19)14-9-10-17-15(12-14)11-13-5-1-2-6-16(13)17/h1-10,12,20H,11H2.